The molecular formula is C16H16FNO2. The number of methoxy groups -OCH3 is 1. The maximum atomic E-state index is 13.8. The first-order valence-corrected chi connectivity index (χ1v) is 6.55. The number of halogens is 1. The van der Waals surface area contributed by atoms with Gasteiger partial charge in [-0.3, -0.25) is 0 Å². The molecule has 0 radical (unpaired) electrons. The van der Waals surface area contributed by atoms with Gasteiger partial charge >= 0.3 is 0 Å². The second-order valence-electron chi connectivity index (χ2n) is 4.82. The van der Waals surface area contributed by atoms with Crippen LogP contribution >= 0.6 is 0 Å². The van der Waals surface area contributed by atoms with E-state index in [1.165, 1.54) is 13.2 Å². The zero-order valence-corrected chi connectivity index (χ0v) is 11.2. The maximum absolute atomic E-state index is 13.8. The normalized spacial score (nSPS) is 16.6. The van der Waals surface area contributed by atoms with Gasteiger partial charge in [0.2, 0.25) is 0 Å². The summed E-state index contributed by atoms with van der Waals surface area (Å²) in [4.78, 5) is 0. The van der Waals surface area contributed by atoms with Gasteiger partial charge in [-0.1, -0.05) is 24.3 Å². The van der Waals surface area contributed by atoms with Crippen molar-refractivity contribution >= 4 is 0 Å². The smallest absolute Gasteiger partial charge is 0.165 e. The highest BCUT2D eigenvalue weighted by atomic mass is 19.1. The molecule has 4 heteroatoms. The summed E-state index contributed by atoms with van der Waals surface area (Å²) in [5.41, 5.74) is 8.45. The molecule has 1 aliphatic rings. The SMILES string of the molecule is COc1ccc(-c2cccc3c2O[C@@H](CN)C3)cc1F. The Balaban J connectivity index is 2.04. The minimum absolute atomic E-state index is 0.00856. The van der Waals surface area contributed by atoms with Gasteiger partial charge in [0.25, 0.3) is 0 Å². The molecule has 3 rings (SSSR count). The molecule has 0 aromatic heterocycles. The molecule has 0 unspecified atom stereocenters. The number of fused-ring (bicyclic) bond motifs is 1. The molecule has 1 heterocycles. The first kappa shape index (κ1) is 12.9. The van der Waals surface area contributed by atoms with E-state index >= 15 is 0 Å². The van der Waals surface area contributed by atoms with Crippen LogP contribution in [0.3, 0.4) is 0 Å². The lowest BCUT2D eigenvalue weighted by Crippen LogP contribution is -2.24. The van der Waals surface area contributed by atoms with Gasteiger partial charge in [-0.2, -0.15) is 0 Å². The predicted octanol–water partition coefficient (Wildman–Crippen LogP) is 2.76. The number of nitrogens with two attached hydrogens (primary N) is 1. The largest absolute Gasteiger partial charge is 0.494 e. The molecule has 0 aliphatic carbocycles. The lowest BCUT2D eigenvalue weighted by molar-refractivity contribution is 0.242. The summed E-state index contributed by atoms with van der Waals surface area (Å²) in [7, 11) is 1.45. The van der Waals surface area contributed by atoms with E-state index in [1.807, 2.05) is 24.3 Å². The van der Waals surface area contributed by atoms with Gasteiger partial charge in [-0.25, -0.2) is 4.39 Å². The minimum atomic E-state index is -0.379. The Morgan fingerprint density at radius 3 is 2.90 bits per heavy atom. The third-order valence-corrected chi connectivity index (χ3v) is 3.55. The second kappa shape index (κ2) is 5.13. The van der Waals surface area contributed by atoms with Crippen molar-refractivity contribution in [1.82, 2.24) is 0 Å². The highest BCUT2D eigenvalue weighted by Crippen LogP contribution is 2.39. The van der Waals surface area contributed by atoms with Crippen molar-refractivity contribution in [1.29, 1.82) is 0 Å². The molecule has 2 aromatic carbocycles. The van der Waals surface area contributed by atoms with Crippen molar-refractivity contribution in [2.45, 2.75) is 12.5 Å². The Kier molecular flexibility index (Phi) is 3.32. The molecule has 0 saturated carbocycles. The van der Waals surface area contributed by atoms with Crippen molar-refractivity contribution in [2.24, 2.45) is 5.73 Å². The van der Waals surface area contributed by atoms with Gasteiger partial charge in [0.1, 0.15) is 11.9 Å². The molecule has 2 aromatic rings. The van der Waals surface area contributed by atoms with Crippen LogP contribution in [0, 0.1) is 5.82 Å². The van der Waals surface area contributed by atoms with E-state index in [1.54, 1.807) is 6.07 Å². The molecule has 0 fully saturated rings. The zero-order chi connectivity index (χ0) is 14.1. The number of para-hydroxylation sites is 1. The highest BCUT2D eigenvalue weighted by Gasteiger charge is 2.24. The summed E-state index contributed by atoms with van der Waals surface area (Å²) < 4.78 is 24.6. The fourth-order valence-electron chi connectivity index (χ4n) is 2.53. The summed E-state index contributed by atoms with van der Waals surface area (Å²) in [6, 6.07) is 10.8. The molecule has 1 aliphatic heterocycles. The lowest BCUT2D eigenvalue weighted by Gasteiger charge is -2.11. The molecule has 0 spiro atoms. The van der Waals surface area contributed by atoms with E-state index < -0.39 is 0 Å². The van der Waals surface area contributed by atoms with Gasteiger partial charge in [-0.15, -0.1) is 0 Å². The highest BCUT2D eigenvalue weighted by molar-refractivity contribution is 5.73. The quantitative estimate of drug-likeness (QED) is 0.935. The van der Waals surface area contributed by atoms with Crippen LogP contribution in [-0.4, -0.2) is 19.8 Å². The first-order valence-electron chi connectivity index (χ1n) is 6.55. The summed E-state index contributed by atoms with van der Waals surface area (Å²) >= 11 is 0. The van der Waals surface area contributed by atoms with Crippen molar-refractivity contribution < 1.29 is 13.9 Å². The van der Waals surface area contributed by atoms with Crippen molar-refractivity contribution in [3.63, 3.8) is 0 Å². The molecule has 2 N–H and O–H groups in total. The number of ether oxygens (including phenoxy) is 2. The molecule has 104 valence electrons. The standard InChI is InChI=1S/C16H16FNO2/c1-19-15-6-5-10(8-14(15)17)13-4-2-3-11-7-12(9-18)20-16(11)13/h2-6,8,12H,7,9,18H2,1H3/t12-/m1/s1. The molecule has 1 atom stereocenters. The Morgan fingerprint density at radius 1 is 1.35 bits per heavy atom. The van der Waals surface area contributed by atoms with Crippen LogP contribution in [0.25, 0.3) is 11.1 Å². The fourth-order valence-corrected chi connectivity index (χ4v) is 2.53. The van der Waals surface area contributed by atoms with Crippen LogP contribution in [0.1, 0.15) is 5.56 Å². The van der Waals surface area contributed by atoms with Crippen LogP contribution in [-0.2, 0) is 6.42 Å². The average molecular weight is 273 g/mol. The van der Waals surface area contributed by atoms with E-state index in [0.29, 0.717) is 6.54 Å². The Labute approximate surface area is 117 Å². The van der Waals surface area contributed by atoms with Gasteiger partial charge in [0.15, 0.2) is 11.6 Å². The summed E-state index contributed by atoms with van der Waals surface area (Å²) in [5, 5.41) is 0. The summed E-state index contributed by atoms with van der Waals surface area (Å²) in [6.07, 6.45) is 0.812. The van der Waals surface area contributed by atoms with Crippen LogP contribution in [0.5, 0.6) is 11.5 Å². The number of rotatable bonds is 3. The molecule has 0 saturated heterocycles. The third kappa shape index (κ3) is 2.12. The summed E-state index contributed by atoms with van der Waals surface area (Å²) in [5.74, 6) is 0.672. The number of hydrogen-bond acceptors (Lipinski definition) is 3. The topological polar surface area (TPSA) is 44.5 Å². The third-order valence-electron chi connectivity index (χ3n) is 3.55. The van der Waals surface area contributed by atoms with Crippen LogP contribution < -0.4 is 15.2 Å². The molecule has 20 heavy (non-hydrogen) atoms. The van der Waals surface area contributed by atoms with Gasteiger partial charge < -0.3 is 15.2 Å². The van der Waals surface area contributed by atoms with Gasteiger partial charge in [0, 0.05) is 18.5 Å². The number of hydrogen-bond donors (Lipinski definition) is 1. The Morgan fingerprint density at radius 2 is 2.20 bits per heavy atom. The molecular weight excluding hydrogens is 257 g/mol. The maximum Gasteiger partial charge on any atom is 0.165 e. The van der Waals surface area contributed by atoms with E-state index in [4.69, 9.17) is 15.2 Å². The van der Waals surface area contributed by atoms with Crippen LogP contribution in [0.15, 0.2) is 36.4 Å². The van der Waals surface area contributed by atoms with E-state index in [0.717, 1.165) is 28.9 Å². The summed E-state index contributed by atoms with van der Waals surface area (Å²) in [6.45, 7) is 0.477. The van der Waals surface area contributed by atoms with Crippen molar-refractivity contribution in [3.05, 3.63) is 47.8 Å². The minimum Gasteiger partial charge on any atom is -0.494 e. The second-order valence-corrected chi connectivity index (χ2v) is 4.82. The van der Waals surface area contributed by atoms with E-state index in [2.05, 4.69) is 0 Å². The fraction of sp³-hybridized carbons (Fsp3) is 0.250. The van der Waals surface area contributed by atoms with Crippen LogP contribution in [0.4, 0.5) is 4.39 Å². The predicted molar refractivity (Wildman–Crippen MR) is 75.6 cm³/mol. The molecule has 0 bridgehead atoms. The molecule has 0 amide bonds. The average Bonchev–Trinajstić information content (AvgIpc) is 2.90. The van der Waals surface area contributed by atoms with Crippen molar-refractivity contribution in [3.8, 4) is 22.6 Å². The lowest BCUT2D eigenvalue weighted by atomic mass is 10.0. The van der Waals surface area contributed by atoms with Crippen LogP contribution in [0.2, 0.25) is 0 Å². The molecule has 3 nitrogen and oxygen atoms in total. The van der Waals surface area contributed by atoms with Crippen molar-refractivity contribution in [2.75, 3.05) is 13.7 Å². The van der Waals surface area contributed by atoms with Gasteiger partial charge in [-0.05, 0) is 23.3 Å². The number of benzene rings is 2. The first-order chi connectivity index (χ1) is 9.72. The Hall–Kier alpha value is -2.07. The van der Waals surface area contributed by atoms with E-state index in [-0.39, 0.29) is 17.7 Å². The zero-order valence-electron chi connectivity index (χ0n) is 11.2. The van der Waals surface area contributed by atoms with E-state index in [9.17, 15) is 4.39 Å². The Bertz CT molecular complexity index is 642. The van der Waals surface area contributed by atoms with Gasteiger partial charge in [0.05, 0.1) is 7.11 Å². The monoisotopic (exact) mass is 273 g/mol.